The molecule has 8 nitrogen and oxygen atoms in total. The highest BCUT2D eigenvalue weighted by atomic mass is 32.2. The third kappa shape index (κ3) is 11.7. The number of carboxylic acid groups (broad SMARTS) is 1. The van der Waals surface area contributed by atoms with Crippen molar-refractivity contribution in [1.82, 2.24) is 16.0 Å². The van der Waals surface area contributed by atoms with Crippen LogP contribution in [-0.2, 0) is 24.9 Å². The molecule has 0 aromatic heterocycles. The lowest BCUT2D eigenvalue weighted by atomic mass is 9.96. The van der Waals surface area contributed by atoms with Gasteiger partial charge in [0.25, 0.3) is 0 Å². The summed E-state index contributed by atoms with van der Waals surface area (Å²) in [7, 11) is 0. The Kier molecular flexibility index (Phi) is 15.3. The number of hydrogen-bond donors (Lipinski definition) is 4. The maximum Gasteiger partial charge on any atom is 0.326 e. The fraction of sp³-hybridized carbons (Fsp3) is 0.615. The van der Waals surface area contributed by atoms with E-state index in [9.17, 15) is 24.3 Å². The quantitative estimate of drug-likeness (QED) is 0.224. The van der Waals surface area contributed by atoms with E-state index in [0.717, 1.165) is 5.75 Å². The van der Waals surface area contributed by atoms with E-state index in [4.69, 9.17) is 0 Å². The largest absolute Gasteiger partial charge is 0.480 e. The van der Waals surface area contributed by atoms with Gasteiger partial charge in [0.05, 0.1) is 0 Å². The van der Waals surface area contributed by atoms with Gasteiger partial charge in [0.15, 0.2) is 0 Å². The predicted molar refractivity (Wildman–Crippen MR) is 148 cm³/mol. The molecule has 0 bridgehead atoms. The summed E-state index contributed by atoms with van der Waals surface area (Å²) < 4.78 is 0. The van der Waals surface area contributed by atoms with Crippen LogP contribution in [0.2, 0.25) is 0 Å². The van der Waals surface area contributed by atoms with Gasteiger partial charge in [-0.3, -0.25) is 14.4 Å². The molecule has 0 aliphatic heterocycles. The van der Waals surface area contributed by atoms with E-state index in [1.54, 1.807) is 11.8 Å². The van der Waals surface area contributed by atoms with Crippen LogP contribution in [0.1, 0.15) is 52.5 Å². The third-order valence-electron chi connectivity index (χ3n) is 5.87. The average Bonchev–Trinajstić information content (AvgIpc) is 2.85. The summed E-state index contributed by atoms with van der Waals surface area (Å²) >= 11 is 3.15. The predicted octanol–water partition coefficient (Wildman–Crippen LogP) is 3.30. The molecule has 0 heterocycles. The van der Waals surface area contributed by atoms with Gasteiger partial charge >= 0.3 is 5.97 Å². The van der Waals surface area contributed by atoms with Crippen molar-refractivity contribution in [1.29, 1.82) is 0 Å². The molecule has 4 atom stereocenters. The third-order valence-corrected chi connectivity index (χ3v) is 7.54. The van der Waals surface area contributed by atoms with E-state index >= 15 is 0 Å². The van der Waals surface area contributed by atoms with E-state index in [1.807, 2.05) is 64.3 Å². The number of thioether (sulfide) groups is 2. The minimum Gasteiger partial charge on any atom is -0.480 e. The number of carboxylic acids is 1. The van der Waals surface area contributed by atoms with Crippen molar-refractivity contribution in [2.24, 2.45) is 11.8 Å². The van der Waals surface area contributed by atoms with Crippen molar-refractivity contribution in [2.75, 3.05) is 17.8 Å². The van der Waals surface area contributed by atoms with Crippen LogP contribution >= 0.6 is 23.5 Å². The first-order chi connectivity index (χ1) is 17.1. The number of amides is 3. The molecule has 0 aliphatic carbocycles. The van der Waals surface area contributed by atoms with Crippen LogP contribution in [0.4, 0.5) is 0 Å². The second kappa shape index (κ2) is 17.3. The lowest BCUT2D eigenvalue weighted by Gasteiger charge is -2.29. The Hall–Kier alpha value is -2.20. The van der Waals surface area contributed by atoms with Crippen molar-refractivity contribution in [3.05, 3.63) is 35.9 Å². The van der Waals surface area contributed by atoms with Crippen LogP contribution in [0.5, 0.6) is 0 Å². The molecule has 1 rings (SSSR count). The van der Waals surface area contributed by atoms with Crippen LogP contribution in [0.25, 0.3) is 0 Å². The van der Waals surface area contributed by atoms with Crippen molar-refractivity contribution >= 4 is 47.2 Å². The standard InChI is InChI=1S/C26H41N3O5S2/c1-6-18(4)23(25(32)27-20(26(33)34)12-14-35-5)29-24(31)22(17(2)3)28-21(30)13-15-36-16-19-10-8-7-9-11-19/h7-11,17-18,20,22-23H,6,12-16H2,1-5H3,(H,27,32)(H,28,30)(H,29,31)(H,33,34). The molecule has 202 valence electrons. The molecule has 0 saturated heterocycles. The van der Waals surface area contributed by atoms with Gasteiger partial charge in [0.2, 0.25) is 17.7 Å². The van der Waals surface area contributed by atoms with Gasteiger partial charge in [0, 0.05) is 17.9 Å². The molecule has 0 aliphatic rings. The topological polar surface area (TPSA) is 125 Å². The van der Waals surface area contributed by atoms with Gasteiger partial charge < -0.3 is 21.1 Å². The summed E-state index contributed by atoms with van der Waals surface area (Å²) in [6, 6.07) is 7.27. The fourth-order valence-electron chi connectivity index (χ4n) is 3.41. The van der Waals surface area contributed by atoms with E-state index in [1.165, 1.54) is 17.3 Å². The molecule has 36 heavy (non-hydrogen) atoms. The lowest BCUT2D eigenvalue weighted by Crippen LogP contribution is -2.58. The van der Waals surface area contributed by atoms with Crippen LogP contribution < -0.4 is 16.0 Å². The Morgan fingerprint density at radius 3 is 2.11 bits per heavy atom. The van der Waals surface area contributed by atoms with Crippen molar-refractivity contribution < 1.29 is 24.3 Å². The number of aliphatic carboxylic acids is 1. The zero-order chi connectivity index (χ0) is 27.1. The Labute approximate surface area is 223 Å². The van der Waals surface area contributed by atoms with E-state index in [2.05, 4.69) is 16.0 Å². The van der Waals surface area contributed by atoms with Crippen molar-refractivity contribution in [2.45, 2.75) is 70.8 Å². The number of benzene rings is 1. The summed E-state index contributed by atoms with van der Waals surface area (Å²) in [5.41, 5.74) is 1.19. The monoisotopic (exact) mass is 539 g/mol. The highest BCUT2D eigenvalue weighted by Crippen LogP contribution is 2.14. The summed E-state index contributed by atoms with van der Waals surface area (Å²) in [5, 5.41) is 17.6. The molecule has 3 amide bonds. The first-order valence-corrected chi connectivity index (χ1v) is 14.9. The minimum atomic E-state index is -1.11. The zero-order valence-electron chi connectivity index (χ0n) is 21.9. The molecule has 10 heteroatoms. The molecule has 4 unspecified atom stereocenters. The molecule has 1 aromatic rings. The Balaban J connectivity index is 2.73. The number of carbonyl (C=O) groups is 4. The molecule has 4 N–H and O–H groups in total. The average molecular weight is 540 g/mol. The van der Waals surface area contributed by atoms with E-state index < -0.39 is 35.9 Å². The van der Waals surface area contributed by atoms with Gasteiger partial charge in [-0.25, -0.2) is 4.79 Å². The minimum absolute atomic E-state index is 0.195. The fourth-order valence-corrected chi connectivity index (χ4v) is 4.78. The molecule has 1 aromatic carbocycles. The second-order valence-corrected chi connectivity index (χ2v) is 11.2. The molecule has 0 spiro atoms. The van der Waals surface area contributed by atoms with Crippen LogP contribution in [-0.4, -0.2) is 64.7 Å². The Morgan fingerprint density at radius 2 is 1.56 bits per heavy atom. The SMILES string of the molecule is CCC(C)C(NC(=O)C(NC(=O)CCSCc1ccccc1)C(C)C)C(=O)NC(CCSC)C(=O)O. The number of carbonyl (C=O) groups excluding carboxylic acids is 3. The van der Waals surface area contributed by atoms with Gasteiger partial charge in [-0.1, -0.05) is 64.4 Å². The molecule has 0 fully saturated rings. The Morgan fingerprint density at radius 1 is 0.917 bits per heavy atom. The van der Waals surface area contributed by atoms with E-state index in [0.29, 0.717) is 17.9 Å². The van der Waals surface area contributed by atoms with Crippen molar-refractivity contribution in [3.8, 4) is 0 Å². The molecular formula is C26H41N3O5S2. The first kappa shape index (κ1) is 31.8. The van der Waals surface area contributed by atoms with Gasteiger partial charge in [-0.2, -0.15) is 23.5 Å². The highest BCUT2D eigenvalue weighted by molar-refractivity contribution is 7.98. The lowest BCUT2D eigenvalue weighted by molar-refractivity contribution is -0.142. The van der Waals surface area contributed by atoms with Gasteiger partial charge in [-0.05, 0) is 35.8 Å². The summed E-state index contributed by atoms with van der Waals surface area (Å²) in [5.74, 6) is -0.713. The van der Waals surface area contributed by atoms with Crippen LogP contribution in [0, 0.1) is 11.8 Å². The number of rotatable bonds is 17. The number of hydrogen-bond acceptors (Lipinski definition) is 6. The maximum atomic E-state index is 13.1. The molecule has 0 radical (unpaired) electrons. The highest BCUT2D eigenvalue weighted by Gasteiger charge is 2.33. The summed E-state index contributed by atoms with van der Waals surface area (Å²) in [6.07, 6.45) is 3.04. The van der Waals surface area contributed by atoms with Crippen LogP contribution in [0.3, 0.4) is 0 Å². The summed E-state index contributed by atoms with van der Waals surface area (Å²) in [6.45, 7) is 7.38. The van der Waals surface area contributed by atoms with Gasteiger partial charge in [-0.15, -0.1) is 0 Å². The van der Waals surface area contributed by atoms with Crippen LogP contribution in [0.15, 0.2) is 30.3 Å². The van der Waals surface area contributed by atoms with E-state index in [-0.39, 0.29) is 30.6 Å². The Bertz CT molecular complexity index is 838. The van der Waals surface area contributed by atoms with Crippen molar-refractivity contribution in [3.63, 3.8) is 0 Å². The summed E-state index contributed by atoms with van der Waals surface area (Å²) in [4.78, 5) is 50.2. The number of nitrogens with one attached hydrogen (secondary N) is 3. The molecule has 0 saturated carbocycles. The van der Waals surface area contributed by atoms with Gasteiger partial charge in [0.1, 0.15) is 18.1 Å². The first-order valence-electron chi connectivity index (χ1n) is 12.3. The maximum absolute atomic E-state index is 13.1. The molecular weight excluding hydrogens is 498 g/mol. The normalized spacial score (nSPS) is 14.4. The second-order valence-electron chi connectivity index (χ2n) is 9.13. The zero-order valence-corrected chi connectivity index (χ0v) is 23.5. The smallest absolute Gasteiger partial charge is 0.326 e.